The van der Waals surface area contributed by atoms with E-state index in [9.17, 15) is 0 Å². The average molecular weight is 384 g/mol. The zero-order valence-electron chi connectivity index (χ0n) is 16.0. The molecule has 0 bridgehead atoms. The van der Waals surface area contributed by atoms with Gasteiger partial charge < -0.3 is 14.4 Å². The van der Waals surface area contributed by atoms with Gasteiger partial charge in [0, 0.05) is 17.3 Å². The lowest BCUT2D eigenvalue weighted by Crippen LogP contribution is -2.26. The van der Waals surface area contributed by atoms with E-state index in [1.54, 1.807) is 13.4 Å². The van der Waals surface area contributed by atoms with Gasteiger partial charge in [-0.25, -0.2) is 0 Å². The van der Waals surface area contributed by atoms with E-state index >= 15 is 0 Å². The van der Waals surface area contributed by atoms with Crippen LogP contribution in [0.25, 0.3) is 11.4 Å². The average Bonchev–Trinajstić information content (AvgIpc) is 3.26. The number of benzene rings is 3. The molecule has 2 heterocycles. The molecule has 0 saturated carbocycles. The van der Waals surface area contributed by atoms with E-state index in [0.29, 0.717) is 24.8 Å². The van der Waals surface area contributed by atoms with Crippen molar-refractivity contribution >= 4 is 11.4 Å². The fourth-order valence-electron chi connectivity index (χ4n) is 3.58. The second-order valence-corrected chi connectivity index (χ2v) is 6.82. The summed E-state index contributed by atoms with van der Waals surface area (Å²) in [5.74, 6) is 2.19. The second-order valence-electron chi connectivity index (χ2n) is 6.82. The normalized spacial score (nSPS) is 12.2. The molecule has 0 radical (unpaired) electrons. The minimum Gasteiger partial charge on any atom is -0.493 e. The smallest absolute Gasteiger partial charge is 0.167 e. The number of para-hydroxylation sites is 1. The van der Waals surface area contributed by atoms with Crippen LogP contribution in [0.15, 0.2) is 79.1 Å². The summed E-state index contributed by atoms with van der Waals surface area (Å²) >= 11 is 0. The zero-order valence-corrected chi connectivity index (χ0v) is 16.0. The third kappa shape index (κ3) is 3.18. The maximum Gasteiger partial charge on any atom is 0.167 e. The van der Waals surface area contributed by atoms with Gasteiger partial charge in [0.1, 0.15) is 19.6 Å². The largest absolute Gasteiger partial charge is 0.493 e. The van der Waals surface area contributed by atoms with Gasteiger partial charge in [-0.3, -0.25) is 4.57 Å². The van der Waals surface area contributed by atoms with Crippen molar-refractivity contribution in [1.82, 2.24) is 14.8 Å². The second kappa shape index (κ2) is 7.31. The Kier molecular flexibility index (Phi) is 4.37. The van der Waals surface area contributed by atoms with Gasteiger partial charge in [0.15, 0.2) is 17.3 Å². The van der Waals surface area contributed by atoms with Crippen LogP contribution >= 0.6 is 0 Å². The van der Waals surface area contributed by atoms with Gasteiger partial charge in [0.2, 0.25) is 0 Å². The quantitative estimate of drug-likeness (QED) is 0.502. The van der Waals surface area contributed by atoms with Crippen LogP contribution in [0.3, 0.4) is 0 Å². The lowest BCUT2D eigenvalue weighted by atomic mass is 10.1. The van der Waals surface area contributed by atoms with Gasteiger partial charge >= 0.3 is 0 Å². The number of rotatable bonds is 5. The third-order valence-corrected chi connectivity index (χ3v) is 5.03. The molecule has 0 aliphatic carbocycles. The maximum atomic E-state index is 6.14. The summed E-state index contributed by atoms with van der Waals surface area (Å²) < 4.78 is 13.8. The molecule has 0 atom stereocenters. The van der Waals surface area contributed by atoms with E-state index in [2.05, 4.69) is 27.2 Å². The summed E-state index contributed by atoms with van der Waals surface area (Å²) in [6.45, 7) is 1.10. The lowest BCUT2D eigenvalue weighted by molar-refractivity contribution is 0.284. The number of hydrogen-bond acceptors (Lipinski definition) is 5. The fraction of sp³-hybridized carbons (Fsp3) is 0.130. The zero-order chi connectivity index (χ0) is 19.6. The van der Waals surface area contributed by atoms with Crippen molar-refractivity contribution in [2.75, 3.05) is 12.0 Å². The Morgan fingerprint density at radius 3 is 2.45 bits per heavy atom. The molecular weight excluding hydrogens is 364 g/mol. The molecule has 1 aromatic heterocycles. The summed E-state index contributed by atoms with van der Waals surface area (Å²) in [5, 5.41) is 8.41. The first-order valence-electron chi connectivity index (χ1n) is 9.43. The third-order valence-electron chi connectivity index (χ3n) is 5.03. The molecule has 0 unspecified atom stereocenters. The molecule has 4 aromatic rings. The minimum atomic E-state index is 0.470. The van der Waals surface area contributed by atoms with Crippen molar-refractivity contribution in [3.05, 3.63) is 84.7 Å². The van der Waals surface area contributed by atoms with Gasteiger partial charge in [-0.2, -0.15) is 0 Å². The van der Waals surface area contributed by atoms with Crippen molar-refractivity contribution in [3.63, 3.8) is 0 Å². The Bertz CT molecular complexity index is 1130. The van der Waals surface area contributed by atoms with Gasteiger partial charge in [0.25, 0.3) is 0 Å². The highest BCUT2D eigenvalue weighted by molar-refractivity contribution is 5.84. The summed E-state index contributed by atoms with van der Waals surface area (Å²) in [5.41, 5.74) is 4.17. The number of hydrogen-bond donors (Lipinski definition) is 0. The maximum absolute atomic E-state index is 6.14. The predicted octanol–water partition coefficient (Wildman–Crippen LogP) is 4.64. The molecule has 6 nitrogen and oxygen atoms in total. The molecular formula is C23H20N4O2. The molecule has 6 heteroatoms. The molecule has 5 rings (SSSR count). The summed E-state index contributed by atoms with van der Waals surface area (Å²) in [6, 6.07) is 24.4. The van der Waals surface area contributed by atoms with Gasteiger partial charge in [-0.1, -0.05) is 48.5 Å². The fourth-order valence-corrected chi connectivity index (χ4v) is 3.58. The molecule has 0 N–H and O–H groups in total. The van der Waals surface area contributed by atoms with Crippen LogP contribution in [0.4, 0.5) is 11.4 Å². The van der Waals surface area contributed by atoms with E-state index in [1.807, 2.05) is 65.2 Å². The molecule has 0 fully saturated rings. The van der Waals surface area contributed by atoms with Gasteiger partial charge in [-0.15, -0.1) is 10.2 Å². The van der Waals surface area contributed by atoms with Crippen molar-refractivity contribution in [2.24, 2.45) is 0 Å². The van der Waals surface area contributed by atoms with Crippen LogP contribution in [0.2, 0.25) is 0 Å². The van der Waals surface area contributed by atoms with E-state index < -0.39 is 0 Å². The Morgan fingerprint density at radius 2 is 1.69 bits per heavy atom. The first-order chi connectivity index (χ1) is 14.3. The molecule has 0 spiro atoms. The van der Waals surface area contributed by atoms with Gasteiger partial charge in [0.05, 0.1) is 12.8 Å². The van der Waals surface area contributed by atoms with E-state index in [1.165, 1.54) is 0 Å². The Labute approximate surface area is 169 Å². The summed E-state index contributed by atoms with van der Waals surface area (Å²) in [4.78, 5) is 2.22. The topological polar surface area (TPSA) is 52.4 Å². The van der Waals surface area contributed by atoms with Crippen molar-refractivity contribution < 1.29 is 9.47 Å². The number of fused-ring (bicyclic) bond motifs is 3. The molecule has 0 amide bonds. The van der Waals surface area contributed by atoms with Crippen LogP contribution < -0.4 is 14.4 Å². The van der Waals surface area contributed by atoms with E-state index in [0.717, 1.165) is 28.3 Å². The Morgan fingerprint density at radius 1 is 0.931 bits per heavy atom. The van der Waals surface area contributed by atoms with E-state index in [-0.39, 0.29) is 0 Å². The van der Waals surface area contributed by atoms with Crippen molar-refractivity contribution in [1.29, 1.82) is 0 Å². The number of aromatic nitrogens is 3. The van der Waals surface area contributed by atoms with Crippen molar-refractivity contribution in [3.8, 4) is 22.9 Å². The highest BCUT2D eigenvalue weighted by Gasteiger charge is 2.27. The van der Waals surface area contributed by atoms with Gasteiger partial charge in [-0.05, 0) is 23.8 Å². The number of nitrogens with zero attached hydrogens (tertiary/aromatic N) is 4. The number of methoxy groups -OCH3 is 1. The Hall–Kier alpha value is -3.80. The lowest BCUT2D eigenvalue weighted by Gasteiger charge is -2.32. The molecule has 1 aliphatic rings. The molecule has 0 saturated heterocycles. The van der Waals surface area contributed by atoms with Crippen LogP contribution in [-0.2, 0) is 13.3 Å². The van der Waals surface area contributed by atoms with E-state index in [4.69, 9.17) is 9.47 Å². The highest BCUT2D eigenvalue weighted by Crippen LogP contribution is 2.45. The Balaban J connectivity index is 1.59. The number of anilines is 2. The molecule has 3 aromatic carbocycles. The molecule has 29 heavy (non-hydrogen) atoms. The van der Waals surface area contributed by atoms with Crippen LogP contribution in [0.5, 0.6) is 11.5 Å². The first-order valence-corrected chi connectivity index (χ1v) is 9.43. The predicted molar refractivity (Wildman–Crippen MR) is 111 cm³/mol. The van der Waals surface area contributed by atoms with Crippen molar-refractivity contribution in [2.45, 2.75) is 13.3 Å². The SMILES string of the molecule is COc1cc2c(cc1OCc1ccccc1)N(c1ccccc1)Cn1cnnc1-2. The summed E-state index contributed by atoms with van der Waals surface area (Å²) in [7, 11) is 1.65. The minimum absolute atomic E-state index is 0.470. The monoisotopic (exact) mass is 384 g/mol. The number of ether oxygens (including phenoxy) is 2. The first kappa shape index (κ1) is 17.3. The molecule has 144 valence electrons. The van der Waals surface area contributed by atoms with Crippen LogP contribution in [-0.4, -0.2) is 21.9 Å². The highest BCUT2D eigenvalue weighted by atomic mass is 16.5. The summed E-state index contributed by atoms with van der Waals surface area (Å²) in [6.07, 6.45) is 1.75. The molecule has 1 aliphatic heterocycles. The standard InChI is InChI=1S/C23H20N4O2/c1-28-21-12-19-20(13-22(21)29-14-17-8-4-2-5-9-17)27(18-10-6-3-7-11-18)16-26-15-24-25-23(19)26/h2-13,15H,14,16H2,1H3. The van der Waals surface area contributed by atoms with Crippen LogP contribution in [0, 0.1) is 0 Å². The van der Waals surface area contributed by atoms with Crippen LogP contribution in [0.1, 0.15) is 5.56 Å².